The molecule has 0 saturated carbocycles. The smallest absolute Gasteiger partial charge is 0.224 e. The Bertz CT molecular complexity index is 477. The van der Waals surface area contributed by atoms with Gasteiger partial charge in [0, 0.05) is 19.0 Å². The number of nitrogens with one attached hydrogen (secondary N) is 1. The number of amides is 1. The largest absolute Gasteiger partial charge is 0.376 e. The van der Waals surface area contributed by atoms with Crippen molar-refractivity contribution in [2.75, 3.05) is 16.8 Å². The summed E-state index contributed by atoms with van der Waals surface area (Å²) in [4.78, 5) is 13.6. The number of aryl methyl sites for hydroxylation is 2. The quantitative estimate of drug-likeness (QED) is 0.746. The summed E-state index contributed by atoms with van der Waals surface area (Å²) in [5.41, 5.74) is 4.39. The molecule has 0 fully saturated rings. The van der Waals surface area contributed by atoms with Gasteiger partial charge in [-0.3, -0.25) is 4.79 Å². The first-order valence-electron chi connectivity index (χ1n) is 5.98. The fraction of sp³-hybridized carbons (Fsp3) is 0.500. The van der Waals surface area contributed by atoms with Gasteiger partial charge in [-0.05, 0) is 44.9 Å². The van der Waals surface area contributed by atoms with E-state index in [2.05, 4.69) is 45.1 Å². The van der Waals surface area contributed by atoms with E-state index in [-0.39, 0.29) is 11.4 Å². The maximum absolute atomic E-state index is 11.8. The van der Waals surface area contributed by atoms with Crippen LogP contribution in [0.4, 0.5) is 11.4 Å². The molecule has 0 aliphatic carbocycles. The van der Waals surface area contributed by atoms with Crippen molar-refractivity contribution in [1.29, 1.82) is 0 Å². The molecule has 0 spiro atoms. The zero-order valence-corrected chi connectivity index (χ0v) is 11.2. The van der Waals surface area contributed by atoms with E-state index in [4.69, 9.17) is 0 Å². The van der Waals surface area contributed by atoms with Crippen molar-refractivity contribution in [2.45, 2.75) is 40.2 Å². The van der Waals surface area contributed by atoms with Crippen LogP contribution in [0.2, 0.25) is 0 Å². The van der Waals surface area contributed by atoms with E-state index in [1.165, 1.54) is 11.1 Å². The molecule has 3 heteroatoms. The normalized spacial score (nSPS) is 17.4. The second-order valence-corrected chi connectivity index (χ2v) is 5.59. The third-order valence-electron chi connectivity index (χ3n) is 3.15. The van der Waals surface area contributed by atoms with Crippen LogP contribution in [0.25, 0.3) is 0 Å². The number of benzene rings is 1. The maximum Gasteiger partial charge on any atom is 0.224 e. The van der Waals surface area contributed by atoms with Gasteiger partial charge < -0.3 is 10.2 Å². The molecule has 1 heterocycles. The zero-order valence-electron chi connectivity index (χ0n) is 11.2. The van der Waals surface area contributed by atoms with E-state index in [0.29, 0.717) is 6.54 Å². The number of carbonyl (C=O) groups is 1. The Balaban J connectivity index is 2.60. The molecule has 0 unspecified atom stereocenters. The number of hydrogen-bond donors (Lipinski definition) is 1. The second-order valence-electron chi connectivity index (χ2n) is 5.59. The summed E-state index contributed by atoms with van der Waals surface area (Å²) in [6, 6.07) is 4.22. The molecule has 1 amide bonds. The maximum atomic E-state index is 11.8. The predicted molar refractivity (Wildman–Crippen MR) is 71.6 cm³/mol. The van der Waals surface area contributed by atoms with Crippen LogP contribution in [0.5, 0.6) is 0 Å². The van der Waals surface area contributed by atoms with Crippen LogP contribution < -0.4 is 10.2 Å². The van der Waals surface area contributed by atoms with E-state index in [9.17, 15) is 4.79 Å². The van der Waals surface area contributed by atoms with Crippen molar-refractivity contribution >= 4 is 17.3 Å². The standard InChI is InChI=1S/C14H20N2O/c1-9-6-10(2)13-12(7-9)16(11(3)17)8-14(4,5)15-13/h6-7,15H,8H2,1-5H3. The summed E-state index contributed by atoms with van der Waals surface area (Å²) in [6.45, 7) is 10.7. The Morgan fingerprint density at radius 1 is 1.35 bits per heavy atom. The molecule has 1 aromatic rings. The number of carbonyl (C=O) groups excluding carboxylic acids is 1. The molecule has 0 bridgehead atoms. The highest BCUT2D eigenvalue weighted by Gasteiger charge is 2.32. The molecular formula is C14H20N2O. The van der Waals surface area contributed by atoms with Gasteiger partial charge in [0.2, 0.25) is 5.91 Å². The molecule has 0 aromatic heterocycles. The van der Waals surface area contributed by atoms with E-state index < -0.39 is 0 Å². The topological polar surface area (TPSA) is 32.3 Å². The average molecular weight is 232 g/mol. The van der Waals surface area contributed by atoms with Gasteiger partial charge in [-0.25, -0.2) is 0 Å². The molecule has 1 aromatic carbocycles. The van der Waals surface area contributed by atoms with Crippen LogP contribution in [-0.4, -0.2) is 18.0 Å². The minimum absolute atomic E-state index is 0.0846. The van der Waals surface area contributed by atoms with Gasteiger partial charge in [-0.15, -0.1) is 0 Å². The summed E-state index contributed by atoms with van der Waals surface area (Å²) in [7, 11) is 0. The van der Waals surface area contributed by atoms with Crippen molar-refractivity contribution in [2.24, 2.45) is 0 Å². The highest BCUT2D eigenvalue weighted by atomic mass is 16.2. The van der Waals surface area contributed by atoms with Crippen LogP contribution in [0, 0.1) is 13.8 Å². The first-order chi connectivity index (χ1) is 7.80. The van der Waals surface area contributed by atoms with Crippen molar-refractivity contribution < 1.29 is 4.79 Å². The molecular weight excluding hydrogens is 212 g/mol. The number of anilines is 2. The molecule has 0 radical (unpaired) electrons. The van der Waals surface area contributed by atoms with Gasteiger partial charge in [-0.1, -0.05) is 6.07 Å². The summed E-state index contributed by atoms with van der Waals surface area (Å²) in [6.07, 6.45) is 0. The fourth-order valence-corrected chi connectivity index (χ4v) is 2.46. The summed E-state index contributed by atoms with van der Waals surface area (Å²) < 4.78 is 0. The number of hydrogen-bond acceptors (Lipinski definition) is 2. The van der Waals surface area contributed by atoms with E-state index in [0.717, 1.165) is 11.4 Å². The van der Waals surface area contributed by atoms with Crippen molar-refractivity contribution in [3.05, 3.63) is 23.3 Å². The molecule has 0 atom stereocenters. The average Bonchev–Trinajstić information content (AvgIpc) is 2.17. The number of fused-ring (bicyclic) bond motifs is 1. The lowest BCUT2D eigenvalue weighted by Crippen LogP contribution is -2.50. The monoisotopic (exact) mass is 232 g/mol. The Kier molecular flexibility index (Phi) is 2.64. The third kappa shape index (κ3) is 2.14. The SMILES string of the molecule is CC(=O)N1CC(C)(C)Nc2c(C)cc(C)cc21. The third-order valence-corrected chi connectivity index (χ3v) is 3.15. The van der Waals surface area contributed by atoms with Crippen LogP contribution >= 0.6 is 0 Å². The fourth-order valence-electron chi connectivity index (χ4n) is 2.46. The molecule has 1 aliphatic rings. The van der Waals surface area contributed by atoms with Gasteiger partial charge in [0.25, 0.3) is 0 Å². The van der Waals surface area contributed by atoms with Crippen molar-refractivity contribution in [3.8, 4) is 0 Å². The minimum Gasteiger partial charge on any atom is -0.376 e. The lowest BCUT2D eigenvalue weighted by Gasteiger charge is -2.41. The van der Waals surface area contributed by atoms with Gasteiger partial charge >= 0.3 is 0 Å². The van der Waals surface area contributed by atoms with Crippen LogP contribution in [-0.2, 0) is 4.79 Å². The highest BCUT2D eigenvalue weighted by Crippen LogP contribution is 2.37. The molecule has 1 N–H and O–H groups in total. The van der Waals surface area contributed by atoms with Gasteiger partial charge in [0.1, 0.15) is 0 Å². The first kappa shape index (κ1) is 12.0. The van der Waals surface area contributed by atoms with Gasteiger partial charge in [-0.2, -0.15) is 0 Å². The van der Waals surface area contributed by atoms with E-state index in [1.54, 1.807) is 6.92 Å². The Morgan fingerprint density at radius 3 is 2.59 bits per heavy atom. The predicted octanol–water partition coefficient (Wildman–Crippen LogP) is 2.86. The highest BCUT2D eigenvalue weighted by molar-refractivity contribution is 5.97. The van der Waals surface area contributed by atoms with Crippen LogP contribution in [0.3, 0.4) is 0 Å². The molecule has 3 nitrogen and oxygen atoms in total. The Morgan fingerprint density at radius 2 is 2.00 bits per heavy atom. The van der Waals surface area contributed by atoms with Crippen molar-refractivity contribution in [3.63, 3.8) is 0 Å². The van der Waals surface area contributed by atoms with Crippen LogP contribution in [0.1, 0.15) is 31.9 Å². The minimum atomic E-state index is -0.0846. The lowest BCUT2D eigenvalue weighted by atomic mass is 9.96. The first-order valence-corrected chi connectivity index (χ1v) is 5.98. The summed E-state index contributed by atoms with van der Waals surface area (Å²) in [5.74, 6) is 0.103. The molecule has 92 valence electrons. The van der Waals surface area contributed by atoms with E-state index >= 15 is 0 Å². The molecule has 0 saturated heterocycles. The van der Waals surface area contributed by atoms with Gasteiger partial charge in [0.05, 0.1) is 11.4 Å². The van der Waals surface area contributed by atoms with Gasteiger partial charge in [0.15, 0.2) is 0 Å². The summed E-state index contributed by atoms with van der Waals surface area (Å²) in [5, 5.41) is 3.52. The molecule has 17 heavy (non-hydrogen) atoms. The summed E-state index contributed by atoms with van der Waals surface area (Å²) >= 11 is 0. The van der Waals surface area contributed by atoms with E-state index in [1.807, 2.05) is 4.90 Å². The van der Waals surface area contributed by atoms with Crippen LogP contribution in [0.15, 0.2) is 12.1 Å². The van der Waals surface area contributed by atoms with Crippen molar-refractivity contribution in [1.82, 2.24) is 0 Å². The molecule has 2 rings (SSSR count). The molecule has 1 aliphatic heterocycles. The Labute approximate surface area is 103 Å². The second kappa shape index (κ2) is 3.76. The zero-order chi connectivity index (χ0) is 12.8. The number of nitrogens with zero attached hydrogens (tertiary/aromatic N) is 1. The lowest BCUT2D eigenvalue weighted by molar-refractivity contribution is -0.116. The Hall–Kier alpha value is -1.51. The number of rotatable bonds is 0.